The quantitative estimate of drug-likeness (QED) is 0.672. The van der Waals surface area contributed by atoms with Gasteiger partial charge in [-0.3, -0.25) is 0 Å². The highest BCUT2D eigenvalue weighted by molar-refractivity contribution is 6.18. The van der Waals surface area contributed by atoms with Gasteiger partial charge in [-0.25, -0.2) is 0 Å². The van der Waals surface area contributed by atoms with E-state index in [1.807, 2.05) is 0 Å². The summed E-state index contributed by atoms with van der Waals surface area (Å²) in [4.78, 5) is 2.24. The minimum atomic E-state index is 0.699. The Morgan fingerprint density at radius 3 is 2.27 bits per heavy atom. The van der Waals surface area contributed by atoms with Crippen LogP contribution in [0.3, 0.4) is 0 Å². The molecule has 0 amide bonds. The lowest BCUT2D eigenvalue weighted by molar-refractivity contribution is 0.348. The van der Waals surface area contributed by atoms with Crippen molar-refractivity contribution in [3.8, 4) is 0 Å². The molecule has 0 heterocycles. The van der Waals surface area contributed by atoms with E-state index in [-0.39, 0.29) is 0 Å². The minimum Gasteiger partial charge on any atom is -0.301 e. The topological polar surface area (TPSA) is 3.24 Å². The molecule has 0 spiro atoms. The summed E-state index contributed by atoms with van der Waals surface area (Å²) in [6, 6.07) is 8.90. The summed E-state index contributed by atoms with van der Waals surface area (Å²) in [7, 11) is 2.10. The van der Waals surface area contributed by atoms with Crippen LogP contribution >= 0.6 is 11.6 Å². The number of alkyl halides is 1. The molecule has 0 unspecified atom stereocenters. The van der Waals surface area contributed by atoms with Gasteiger partial charge in [-0.2, -0.15) is 0 Å². The van der Waals surface area contributed by atoms with Crippen molar-refractivity contribution >= 4 is 11.6 Å². The third-order valence-corrected chi connectivity index (χ3v) is 2.65. The molecule has 0 aromatic heterocycles. The van der Waals surface area contributed by atoms with Gasteiger partial charge in [-0.1, -0.05) is 37.6 Å². The summed E-state index contributed by atoms with van der Waals surface area (Å²) in [6.45, 7) is 4.14. The maximum absolute atomic E-state index is 5.69. The van der Waals surface area contributed by atoms with E-state index in [0.717, 1.165) is 13.1 Å². The van der Waals surface area contributed by atoms with Gasteiger partial charge >= 0.3 is 0 Å². The average molecular weight is 226 g/mol. The lowest BCUT2D eigenvalue weighted by atomic mass is 10.1. The highest BCUT2D eigenvalue weighted by atomic mass is 35.5. The molecule has 0 saturated heterocycles. The van der Waals surface area contributed by atoms with Gasteiger partial charge < -0.3 is 4.90 Å². The van der Waals surface area contributed by atoms with Gasteiger partial charge in [0.25, 0.3) is 0 Å². The highest BCUT2D eigenvalue weighted by Gasteiger charge is 1.99. The standard InChI is InChI=1S/C13H20ClN/c1-3-4-12-5-7-13(8-6-12)11-15(2)10-9-14/h5-8H,3-4,9-11H2,1-2H3. The number of benzene rings is 1. The number of aryl methyl sites for hydroxylation is 1. The molecule has 0 aliphatic carbocycles. The largest absolute Gasteiger partial charge is 0.301 e. The third kappa shape index (κ3) is 4.67. The fourth-order valence-electron chi connectivity index (χ4n) is 1.64. The predicted molar refractivity (Wildman–Crippen MR) is 67.5 cm³/mol. The molecule has 15 heavy (non-hydrogen) atoms. The molecule has 1 aromatic carbocycles. The smallest absolute Gasteiger partial charge is 0.0351 e. The Morgan fingerprint density at radius 1 is 1.13 bits per heavy atom. The minimum absolute atomic E-state index is 0.699. The lowest BCUT2D eigenvalue weighted by Crippen LogP contribution is -2.19. The van der Waals surface area contributed by atoms with Crippen molar-refractivity contribution in [2.75, 3.05) is 19.5 Å². The van der Waals surface area contributed by atoms with E-state index < -0.39 is 0 Å². The second-order valence-electron chi connectivity index (χ2n) is 3.99. The van der Waals surface area contributed by atoms with E-state index >= 15 is 0 Å². The number of nitrogens with zero attached hydrogens (tertiary/aromatic N) is 1. The molecular weight excluding hydrogens is 206 g/mol. The zero-order chi connectivity index (χ0) is 11.1. The first-order valence-corrected chi connectivity index (χ1v) is 6.12. The molecule has 1 aromatic rings. The van der Waals surface area contributed by atoms with Gasteiger partial charge in [0.2, 0.25) is 0 Å². The molecule has 2 heteroatoms. The molecule has 0 atom stereocenters. The Balaban J connectivity index is 2.48. The van der Waals surface area contributed by atoms with Crippen molar-refractivity contribution in [3.63, 3.8) is 0 Å². The average Bonchev–Trinajstić information content (AvgIpc) is 2.22. The zero-order valence-corrected chi connectivity index (χ0v) is 10.4. The summed E-state index contributed by atoms with van der Waals surface area (Å²) in [5.41, 5.74) is 2.80. The molecule has 0 radical (unpaired) electrons. The van der Waals surface area contributed by atoms with Crippen molar-refractivity contribution < 1.29 is 0 Å². The van der Waals surface area contributed by atoms with Crippen molar-refractivity contribution in [1.29, 1.82) is 0 Å². The highest BCUT2D eigenvalue weighted by Crippen LogP contribution is 2.08. The Morgan fingerprint density at radius 2 is 1.73 bits per heavy atom. The monoisotopic (exact) mass is 225 g/mol. The molecule has 1 nitrogen and oxygen atoms in total. The van der Waals surface area contributed by atoms with Crippen LogP contribution in [0.5, 0.6) is 0 Å². The van der Waals surface area contributed by atoms with Crippen LogP contribution in [-0.2, 0) is 13.0 Å². The number of rotatable bonds is 6. The summed E-state index contributed by atoms with van der Waals surface area (Å²) >= 11 is 5.69. The summed E-state index contributed by atoms with van der Waals surface area (Å²) in [5, 5.41) is 0. The second-order valence-corrected chi connectivity index (χ2v) is 4.37. The first-order valence-electron chi connectivity index (χ1n) is 5.58. The van der Waals surface area contributed by atoms with Crippen LogP contribution in [0.2, 0.25) is 0 Å². The predicted octanol–water partition coefficient (Wildman–Crippen LogP) is 3.31. The number of halogens is 1. The molecule has 0 fully saturated rings. The van der Waals surface area contributed by atoms with Crippen molar-refractivity contribution in [1.82, 2.24) is 4.90 Å². The summed E-state index contributed by atoms with van der Waals surface area (Å²) < 4.78 is 0. The van der Waals surface area contributed by atoms with Gasteiger partial charge in [-0.15, -0.1) is 11.6 Å². The van der Waals surface area contributed by atoms with E-state index in [9.17, 15) is 0 Å². The van der Waals surface area contributed by atoms with Gasteiger partial charge in [0.1, 0.15) is 0 Å². The maximum Gasteiger partial charge on any atom is 0.0351 e. The number of hydrogen-bond donors (Lipinski definition) is 0. The van der Waals surface area contributed by atoms with Crippen LogP contribution in [0, 0.1) is 0 Å². The first kappa shape index (κ1) is 12.5. The van der Waals surface area contributed by atoms with Gasteiger partial charge in [0.15, 0.2) is 0 Å². The van der Waals surface area contributed by atoms with E-state index in [2.05, 4.69) is 43.1 Å². The molecule has 0 bridgehead atoms. The van der Waals surface area contributed by atoms with Crippen LogP contribution in [0.15, 0.2) is 24.3 Å². The lowest BCUT2D eigenvalue weighted by Gasteiger charge is -2.14. The zero-order valence-electron chi connectivity index (χ0n) is 9.67. The fraction of sp³-hybridized carbons (Fsp3) is 0.538. The van der Waals surface area contributed by atoms with E-state index in [1.54, 1.807) is 0 Å². The molecule has 0 N–H and O–H groups in total. The van der Waals surface area contributed by atoms with Crippen LogP contribution in [0.25, 0.3) is 0 Å². The van der Waals surface area contributed by atoms with Gasteiger partial charge in [0, 0.05) is 19.0 Å². The first-order chi connectivity index (χ1) is 7.26. The Labute approximate surface area is 98.0 Å². The van der Waals surface area contributed by atoms with Crippen molar-refractivity contribution in [2.45, 2.75) is 26.3 Å². The van der Waals surface area contributed by atoms with Crippen LogP contribution < -0.4 is 0 Å². The van der Waals surface area contributed by atoms with E-state index in [4.69, 9.17) is 11.6 Å². The van der Waals surface area contributed by atoms with Crippen LogP contribution in [0.1, 0.15) is 24.5 Å². The van der Waals surface area contributed by atoms with E-state index in [0.29, 0.717) is 5.88 Å². The molecule has 1 rings (SSSR count). The summed E-state index contributed by atoms with van der Waals surface area (Å²) in [6.07, 6.45) is 2.39. The van der Waals surface area contributed by atoms with E-state index in [1.165, 1.54) is 24.0 Å². The Hall–Kier alpha value is -0.530. The van der Waals surface area contributed by atoms with Crippen molar-refractivity contribution in [2.24, 2.45) is 0 Å². The molecule has 84 valence electrons. The van der Waals surface area contributed by atoms with Gasteiger partial charge in [-0.05, 0) is 24.6 Å². The van der Waals surface area contributed by atoms with Crippen LogP contribution in [-0.4, -0.2) is 24.4 Å². The SMILES string of the molecule is CCCc1ccc(CN(C)CCCl)cc1. The van der Waals surface area contributed by atoms with Gasteiger partial charge in [0.05, 0.1) is 0 Å². The second kappa shape index (κ2) is 6.86. The Kier molecular flexibility index (Phi) is 5.74. The molecule has 0 aliphatic rings. The molecule has 0 saturated carbocycles. The third-order valence-electron chi connectivity index (χ3n) is 2.48. The molecule has 0 aliphatic heterocycles. The van der Waals surface area contributed by atoms with Crippen LogP contribution in [0.4, 0.5) is 0 Å². The molecular formula is C13H20ClN. The fourth-order valence-corrected chi connectivity index (χ4v) is 1.92. The normalized spacial score (nSPS) is 10.9. The number of hydrogen-bond acceptors (Lipinski definition) is 1. The maximum atomic E-state index is 5.69. The van der Waals surface area contributed by atoms with Crippen molar-refractivity contribution in [3.05, 3.63) is 35.4 Å². The summed E-state index contributed by atoms with van der Waals surface area (Å²) in [5.74, 6) is 0.699. The Bertz CT molecular complexity index is 268.